The smallest absolute Gasteiger partial charge is 0.224 e. The fourth-order valence-corrected chi connectivity index (χ4v) is 2.74. The average Bonchev–Trinajstić information content (AvgIpc) is 2.69. The SMILES string of the molecule is NS(=O)(=O)C1CC(=O)N(CCc2cccnc2)C1. The number of hydrogen-bond donors (Lipinski definition) is 1. The Hall–Kier alpha value is -1.47. The van der Waals surface area contributed by atoms with Gasteiger partial charge in [0, 0.05) is 31.9 Å². The fourth-order valence-electron chi connectivity index (χ4n) is 1.98. The molecule has 0 bridgehead atoms. The second kappa shape index (κ2) is 5.03. The van der Waals surface area contributed by atoms with Gasteiger partial charge in [-0.3, -0.25) is 9.78 Å². The van der Waals surface area contributed by atoms with Crippen molar-refractivity contribution in [3.63, 3.8) is 0 Å². The van der Waals surface area contributed by atoms with Gasteiger partial charge in [0.25, 0.3) is 0 Å². The van der Waals surface area contributed by atoms with Crippen molar-refractivity contribution in [2.75, 3.05) is 13.1 Å². The number of carbonyl (C=O) groups is 1. The summed E-state index contributed by atoms with van der Waals surface area (Å²) < 4.78 is 22.4. The maximum atomic E-state index is 11.6. The molecule has 18 heavy (non-hydrogen) atoms. The minimum atomic E-state index is -3.63. The van der Waals surface area contributed by atoms with Gasteiger partial charge in [-0.15, -0.1) is 0 Å². The van der Waals surface area contributed by atoms with Crippen LogP contribution >= 0.6 is 0 Å². The molecule has 2 rings (SSSR count). The Morgan fingerprint density at radius 2 is 2.28 bits per heavy atom. The highest BCUT2D eigenvalue weighted by Crippen LogP contribution is 2.16. The summed E-state index contributed by atoms with van der Waals surface area (Å²) in [7, 11) is -3.63. The van der Waals surface area contributed by atoms with Gasteiger partial charge in [-0.2, -0.15) is 0 Å². The highest BCUT2D eigenvalue weighted by molar-refractivity contribution is 7.89. The van der Waals surface area contributed by atoms with E-state index in [0.29, 0.717) is 13.0 Å². The van der Waals surface area contributed by atoms with E-state index in [0.717, 1.165) is 5.56 Å². The molecule has 0 aliphatic carbocycles. The molecule has 1 atom stereocenters. The predicted molar refractivity (Wildman–Crippen MR) is 66.0 cm³/mol. The summed E-state index contributed by atoms with van der Waals surface area (Å²) in [6, 6.07) is 3.75. The second-order valence-corrected chi connectivity index (χ2v) is 6.21. The number of nitrogens with zero attached hydrogens (tertiary/aromatic N) is 2. The molecule has 1 aromatic heterocycles. The molecule has 2 N–H and O–H groups in total. The van der Waals surface area contributed by atoms with Crippen molar-refractivity contribution >= 4 is 15.9 Å². The minimum Gasteiger partial charge on any atom is -0.341 e. The third kappa shape index (κ3) is 3.05. The third-order valence-corrected chi connectivity index (χ3v) is 4.28. The molecular formula is C11H15N3O3S. The summed E-state index contributed by atoms with van der Waals surface area (Å²) in [5.74, 6) is -0.155. The van der Waals surface area contributed by atoms with Crippen molar-refractivity contribution in [2.24, 2.45) is 5.14 Å². The van der Waals surface area contributed by atoms with Gasteiger partial charge in [0.05, 0.1) is 0 Å². The van der Waals surface area contributed by atoms with E-state index in [1.807, 2.05) is 12.1 Å². The summed E-state index contributed by atoms with van der Waals surface area (Å²) in [6.45, 7) is 0.689. The molecule has 0 radical (unpaired) electrons. The Bertz CT molecular complexity index is 530. The molecule has 1 amide bonds. The highest BCUT2D eigenvalue weighted by atomic mass is 32.2. The maximum Gasteiger partial charge on any atom is 0.224 e. The van der Waals surface area contributed by atoms with Gasteiger partial charge in [0.2, 0.25) is 15.9 Å². The first-order chi connectivity index (χ1) is 8.47. The van der Waals surface area contributed by atoms with Crippen LogP contribution in [0, 0.1) is 0 Å². The molecule has 1 fully saturated rings. The Morgan fingerprint density at radius 1 is 1.50 bits per heavy atom. The summed E-state index contributed by atoms with van der Waals surface area (Å²) in [5, 5.41) is 4.29. The van der Waals surface area contributed by atoms with E-state index in [1.165, 1.54) is 0 Å². The van der Waals surface area contributed by atoms with Crippen molar-refractivity contribution in [1.82, 2.24) is 9.88 Å². The minimum absolute atomic E-state index is 0.00806. The molecule has 98 valence electrons. The molecule has 1 unspecified atom stereocenters. The number of aromatic nitrogens is 1. The topological polar surface area (TPSA) is 93.4 Å². The molecule has 0 aromatic carbocycles. The Morgan fingerprint density at radius 3 is 2.83 bits per heavy atom. The number of sulfonamides is 1. The van der Waals surface area contributed by atoms with Gasteiger partial charge in [-0.05, 0) is 18.1 Å². The van der Waals surface area contributed by atoms with Gasteiger partial charge in [-0.25, -0.2) is 13.6 Å². The summed E-state index contributed by atoms with van der Waals surface area (Å²) in [6.07, 6.45) is 4.07. The summed E-state index contributed by atoms with van der Waals surface area (Å²) in [4.78, 5) is 17.2. The molecule has 0 spiro atoms. The second-order valence-electron chi connectivity index (χ2n) is 4.37. The van der Waals surface area contributed by atoms with Gasteiger partial charge in [-0.1, -0.05) is 6.07 Å². The van der Waals surface area contributed by atoms with E-state index in [-0.39, 0.29) is 18.9 Å². The number of likely N-dealkylation sites (tertiary alicyclic amines) is 1. The summed E-state index contributed by atoms with van der Waals surface area (Å²) in [5.41, 5.74) is 1.02. The quantitative estimate of drug-likeness (QED) is 0.798. The number of amides is 1. The van der Waals surface area contributed by atoms with Crippen LogP contribution in [-0.2, 0) is 21.2 Å². The molecule has 1 aromatic rings. The largest absolute Gasteiger partial charge is 0.341 e. The van der Waals surface area contributed by atoms with Crippen molar-refractivity contribution < 1.29 is 13.2 Å². The van der Waals surface area contributed by atoms with Crippen LogP contribution in [0.15, 0.2) is 24.5 Å². The molecule has 1 aliphatic rings. The lowest BCUT2D eigenvalue weighted by atomic mass is 10.2. The average molecular weight is 269 g/mol. The van der Waals surface area contributed by atoms with Crippen molar-refractivity contribution in [3.05, 3.63) is 30.1 Å². The zero-order valence-corrected chi connectivity index (χ0v) is 10.6. The molecule has 1 aliphatic heterocycles. The van der Waals surface area contributed by atoms with Crippen LogP contribution in [0.1, 0.15) is 12.0 Å². The number of carbonyl (C=O) groups excluding carboxylic acids is 1. The summed E-state index contributed by atoms with van der Waals surface area (Å²) >= 11 is 0. The Balaban J connectivity index is 1.94. The first kappa shape index (κ1) is 13.0. The molecular weight excluding hydrogens is 254 g/mol. The fraction of sp³-hybridized carbons (Fsp3) is 0.455. The number of primary sulfonamides is 1. The first-order valence-corrected chi connectivity index (χ1v) is 7.26. The zero-order chi connectivity index (χ0) is 13.2. The van der Waals surface area contributed by atoms with Gasteiger partial charge < -0.3 is 4.90 Å². The molecule has 2 heterocycles. The third-order valence-electron chi connectivity index (χ3n) is 3.04. The van der Waals surface area contributed by atoms with Crippen LogP contribution in [0.25, 0.3) is 0 Å². The highest BCUT2D eigenvalue weighted by Gasteiger charge is 2.35. The van der Waals surface area contributed by atoms with Crippen LogP contribution < -0.4 is 5.14 Å². The standard InChI is InChI=1S/C11H15N3O3S/c12-18(16,17)10-6-11(15)14(8-10)5-3-9-2-1-4-13-7-9/h1-2,4,7,10H,3,5-6,8H2,(H2,12,16,17). The van der Waals surface area contributed by atoms with Gasteiger partial charge in [0.1, 0.15) is 5.25 Å². The molecule has 0 saturated carbocycles. The van der Waals surface area contributed by atoms with E-state index in [1.54, 1.807) is 17.3 Å². The van der Waals surface area contributed by atoms with Gasteiger partial charge in [0.15, 0.2) is 0 Å². The van der Waals surface area contributed by atoms with E-state index in [9.17, 15) is 13.2 Å². The van der Waals surface area contributed by atoms with E-state index in [2.05, 4.69) is 4.98 Å². The maximum absolute atomic E-state index is 11.6. The van der Waals surface area contributed by atoms with E-state index >= 15 is 0 Å². The molecule has 6 nitrogen and oxygen atoms in total. The van der Waals surface area contributed by atoms with Crippen LogP contribution in [0.5, 0.6) is 0 Å². The lowest BCUT2D eigenvalue weighted by Gasteiger charge is -2.15. The lowest BCUT2D eigenvalue weighted by Crippen LogP contribution is -2.33. The van der Waals surface area contributed by atoms with E-state index in [4.69, 9.17) is 5.14 Å². The van der Waals surface area contributed by atoms with Crippen molar-refractivity contribution in [2.45, 2.75) is 18.1 Å². The number of nitrogens with two attached hydrogens (primary N) is 1. The number of pyridine rings is 1. The van der Waals surface area contributed by atoms with Crippen molar-refractivity contribution in [3.8, 4) is 0 Å². The monoisotopic (exact) mass is 269 g/mol. The normalized spacial score (nSPS) is 20.4. The van der Waals surface area contributed by atoms with E-state index < -0.39 is 15.3 Å². The zero-order valence-electron chi connectivity index (χ0n) is 9.82. The first-order valence-electron chi connectivity index (χ1n) is 5.65. The van der Waals surface area contributed by atoms with Crippen molar-refractivity contribution in [1.29, 1.82) is 0 Å². The van der Waals surface area contributed by atoms with Crippen LogP contribution in [0.3, 0.4) is 0 Å². The van der Waals surface area contributed by atoms with Gasteiger partial charge >= 0.3 is 0 Å². The molecule has 1 saturated heterocycles. The molecule has 7 heteroatoms. The lowest BCUT2D eigenvalue weighted by molar-refractivity contribution is -0.127. The number of hydrogen-bond acceptors (Lipinski definition) is 4. The van der Waals surface area contributed by atoms with Crippen LogP contribution in [-0.4, -0.2) is 42.5 Å². The predicted octanol–water partition coefficient (Wildman–Crippen LogP) is -0.486. The van der Waals surface area contributed by atoms with Crippen LogP contribution in [0.2, 0.25) is 0 Å². The number of rotatable bonds is 4. The van der Waals surface area contributed by atoms with Crippen LogP contribution in [0.4, 0.5) is 0 Å². The Kier molecular flexibility index (Phi) is 3.63. The Labute approximate surface area is 106 Å².